The Labute approximate surface area is 187 Å². The molecule has 0 unspecified atom stereocenters. The van der Waals surface area contributed by atoms with E-state index in [1.807, 2.05) is 26.0 Å². The summed E-state index contributed by atoms with van der Waals surface area (Å²) in [5, 5.41) is 6.95. The van der Waals surface area contributed by atoms with Crippen molar-refractivity contribution < 1.29 is 14.2 Å². The van der Waals surface area contributed by atoms with Gasteiger partial charge in [0.25, 0.3) is 0 Å². The van der Waals surface area contributed by atoms with Crippen LogP contribution in [0.15, 0.2) is 54.6 Å². The number of nitrogens with zero attached hydrogens (tertiary/aromatic N) is 2. The summed E-state index contributed by atoms with van der Waals surface area (Å²) in [6, 6.07) is 18.9. The van der Waals surface area contributed by atoms with Gasteiger partial charge in [0.2, 0.25) is 0 Å². The topological polar surface area (TPSA) is 65.5 Å². The molecule has 1 aliphatic heterocycles. The van der Waals surface area contributed by atoms with Gasteiger partial charge in [-0.05, 0) is 49.2 Å². The third-order valence-electron chi connectivity index (χ3n) is 5.67. The van der Waals surface area contributed by atoms with E-state index in [-0.39, 0.29) is 12.1 Å². The van der Waals surface area contributed by atoms with Gasteiger partial charge in [-0.15, -0.1) is 0 Å². The zero-order valence-corrected chi connectivity index (χ0v) is 18.6. The standard InChI is InChI=1S/C26H27N3O3/c1-16-15-30-10-11-31-24-14-23-22(13-25(24)32-16)26(29-18(3)28-23)27-17(2)20-9-8-19-6-4-5-7-21(19)12-20/h4-9,12-14,16-17H,10-11,15H2,1-3H3,(H,27,28,29)/t16-,17+/m0/s1. The van der Waals surface area contributed by atoms with E-state index >= 15 is 0 Å². The number of anilines is 1. The van der Waals surface area contributed by atoms with Crippen molar-refractivity contribution in [2.75, 3.05) is 25.1 Å². The molecular formula is C26H27N3O3. The van der Waals surface area contributed by atoms with E-state index in [0.717, 1.165) is 16.7 Å². The minimum atomic E-state index is -0.0767. The molecule has 2 atom stereocenters. The van der Waals surface area contributed by atoms with Gasteiger partial charge in [0.1, 0.15) is 24.4 Å². The molecule has 4 aromatic rings. The average molecular weight is 430 g/mol. The molecular weight excluding hydrogens is 402 g/mol. The Morgan fingerprint density at radius 2 is 1.81 bits per heavy atom. The molecule has 6 heteroatoms. The number of hydrogen-bond donors (Lipinski definition) is 1. The van der Waals surface area contributed by atoms with Gasteiger partial charge in [-0.25, -0.2) is 9.97 Å². The van der Waals surface area contributed by atoms with Gasteiger partial charge in [-0.1, -0.05) is 36.4 Å². The monoisotopic (exact) mass is 429 g/mol. The fourth-order valence-electron chi connectivity index (χ4n) is 4.04. The molecule has 2 heterocycles. The summed E-state index contributed by atoms with van der Waals surface area (Å²) in [6.45, 7) is 7.57. The molecule has 0 saturated carbocycles. The maximum atomic E-state index is 6.11. The van der Waals surface area contributed by atoms with Crippen LogP contribution in [0.2, 0.25) is 0 Å². The van der Waals surface area contributed by atoms with Crippen LogP contribution >= 0.6 is 0 Å². The SMILES string of the molecule is Cc1nc(N[C@H](C)c2ccc3ccccc3c2)c2cc3c(cc2n1)OCCOC[C@H](C)O3. The highest BCUT2D eigenvalue weighted by Gasteiger charge is 2.18. The fraction of sp³-hybridized carbons (Fsp3) is 0.308. The maximum Gasteiger partial charge on any atom is 0.163 e. The zero-order valence-electron chi connectivity index (χ0n) is 18.6. The molecule has 0 spiro atoms. The molecule has 32 heavy (non-hydrogen) atoms. The lowest BCUT2D eigenvalue weighted by Gasteiger charge is -2.19. The molecule has 0 fully saturated rings. The van der Waals surface area contributed by atoms with Crippen LogP contribution in [0.3, 0.4) is 0 Å². The first-order chi connectivity index (χ1) is 15.6. The summed E-state index contributed by atoms with van der Waals surface area (Å²) in [4.78, 5) is 9.36. The third kappa shape index (κ3) is 4.18. The van der Waals surface area contributed by atoms with E-state index in [0.29, 0.717) is 37.1 Å². The minimum absolute atomic E-state index is 0.0619. The second-order valence-corrected chi connectivity index (χ2v) is 8.26. The van der Waals surface area contributed by atoms with E-state index in [1.165, 1.54) is 16.3 Å². The van der Waals surface area contributed by atoms with E-state index in [4.69, 9.17) is 19.2 Å². The highest BCUT2D eigenvalue weighted by atomic mass is 16.6. The number of aryl methyl sites for hydroxylation is 1. The molecule has 0 bridgehead atoms. The van der Waals surface area contributed by atoms with Crippen LogP contribution in [0, 0.1) is 6.92 Å². The van der Waals surface area contributed by atoms with E-state index < -0.39 is 0 Å². The molecule has 1 aromatic heterocycles. The first-order valence-corrected chi connectivity index (χ1v) is 11.0. The van der Waals surface area contributed by atoms with Crippen LogP contribution in [0.25, 0.3) is 21.7 Å². The smallest absolute Gasteiger partial charge is 0.163 e. The summed E-state index contributed by atoms with van der Waals surface area (Å²) in [5.74, 6) is 2.85. The summed E-state index contributed by atoms with van der Waals surface area (Å²) in [6.07, 6.45) is -0.0767. The highest BCUT2D eigenvalue weighted by Crippen LogP contribution is 2.36. The van der Waals surface area contributed by atoms with Crippen LogP contribution in [-0.4, -0.2) is 35.9 Å². The van der Waals surface area contributed by atoms with Gasteiger partial charge in [-0.2, -0.15) is 0 Å². The number of aromatic nitrogens is 2. The Morgan fingerprint density at radius 3 is 2.69 bits per heavy atom. The molecule has 0 aliphatic carbocycles. The first-order valence-electron chi connectivity index (χ1n) is 11.0. The predicted molar refractivity (Wildman–Crippen MR) is 127 cm³/mol. The van der Waals surface area contributed by atoms with Crippen LogP contribution in [0.5, 0.6) is 11.5 Å². The highest BCUT2D eigenvalue weighted by molar-refractivity contribution is 5.92. The lowest BCUT2D eigenvalue weighted by atomic mass is 10.0. The van der Waals surface area contributed by atoms with E-state index in [2.05, 4.69) is 59.7 Å². The second-order valence-electron chi connectivity index (χ2n) is 8.26. The largest absolute Gasteiger partial charge is 0.487 e. The van der Waals surface area contributed by atoms with Gasteiger partial charge in [0, 0.05) is 17.5 Å². The average Bonchev–Trinajstić information content (AvgIpc) is 2.87. The second kappa shape index (κ2) is 8.63. The van der Waals surface area contributed by atoms with Crippen molar-refractivity contribution in [2.24, 2.45) is 0 Å². The molecule has 0 saturated heterocycles. The van der Waals surface area contributed by atoms with Gasteiger partial charge in [0.05, 0.1) is 18.7 Å². The number of nitrogens with one attached hydrogen (secondary N) is 1. The first kappa shape index (κ1) is 20.5. The van der Waals surface area contributed by atoms with Crippen molar-refractivity contribution in [3.8, 4) is 11.5 Å². The molecule has 0 radical (unpaired) electrons. The molecule has 164 valence electrons. The zero-order chi connectivity index (χ0) is 22.1. The number of rotatable bonds is 3. The molecule has 0 amide bonds. The van der Waals surface area contributed by atoms with Gasteiger partial charge in [-0.3, -0.25) is 0 Å². The van der Waals surface area contributed by atoms with Crippen molar-refractivity contribution in [1.29, 1.82) is 0 Å². The minimum Gasteiger partial charge on any atom is -0.487 e. The van der Waals surface area contributed by atoms with Gasteiger partial charge in [0.15, 0.2) is 11.5 Å². The Hall–Kier alpha value is -3.38. The van der Waals surface area contributed by atoms with Crippen LogP contribution in [0.4, 0.5) is 5.82 Å². The molecule has 3 aromatic carbocycles. The summed E-state index contributed by atoms with van der Waals surface area (Å²) in [5.41, 5.74) is 2.02. The Bertz CT molecular complexity index is 1270. The number of hydrogen-bond acceptors (Lipinski definition) is 6. The molecule has 6 nitrogen and oxygen atoms in total. The summed E-state index contributed by atoms with van der Waals surface area (Å²) < 4.78 is 17.6. The van der Waals surface area contributed by atoms with Gasteiger partial charge >= 0.3 is 0 Å². The third-order valence-corrected chi connectivity index (χ3v) is 5.67. The van der Waals surface area contributed by atoms with Crippen molar-refractivity contribution in [1.82, 2.24) is 9.97 Å². The van der Waals surface area contributed by atoms with E-state index in [9.17, 15) is 0 Å². The Kier molecular flexibility index (Phi) is 5.53. The predicted octanol–water partition coefficient (Wildman–Crippen LogP) is 5.44. The van der Waals surface area contributed by atoms with Crippen molar-refractivity contribution in [2.45, 2.75) is 32.9 Å². The van der Waals surface area contributed by atoms with E-state index in [1.54, 1.807) is 0 Å². The molecule has 5 rings (SSSR count). The molecule has 1 aliphatic rings. The van der Waals surface area contributed by atoms with Crippen LogP contribution in [0.1, 0.15) is 31.3 Å². The normalized spacial score (nSPS) is 17.4. The van der Waals surface area contributed by atoms with Crippen molar-refractivity contribution >= 4 is 27.5 Å². The summed E-state index contributed by atoms with van der Waals surface area (Å²) >= 11 is 0. The van der Waals surface area contributed by atoms with Crippen LogP contribution in [-0.2, 0) is 4.74 Å². The maximum absolute atomic E-state index is 6.11. The quantitative estimate of drug-likeness (QED) is 0.468. The lowest BCUT2D eigenvalue weighted by molar-refractivity contribution is 0.0546. The van der Waals surface area contributed by atoms with Crippen LogP contribution < -0.4 is 14.8 Å². The number of benzene rings is 3. The molecule has 1 N–H and O–H groups in total. The van der Waals surface area contributed by atoms with Crippen molar-refractivity contribution in [3.05, 3.63) is 66.0 Å². The Morgan fingerprint density at radius 1 is 0.969 bits per heavy atom. The Balaban J connectivity index is 1.52. The summed E-state index contributed by atoms with van der Waals surface area (Å²) in [7, 11) is 0. The fourth-order valence-corrected chi connectivity index (χ4v) is 4.04. The van der Waals surface area contributed by atoms with Gasteiger partial charge < -0.3 is 19.5 Å². The number of fused-ring (bicyclic) bond motifs is 3. The lowest BCUT2D eigenvalue weighted by Crippen LogP contribution is -2.19. The number of ether oxygens (including phenoxy) is 3. The van der Waals surface area contributed by atoms with Crippen molar-refractivity contribution in [3.63, 3.8) is 0 Å².